The summed E-state index contributed by atoms with van der Waals surface area (Å²) in [6.45, 7) is 1.48. The molecule has 94 valence electrons. The quantitative estimate of drug-likeness (QED) is 0.912. The minimum atomic E-state index is 0.551. The maximum Gasteiger partial charge on any atom is 0.0454 e. The zero-order valence-corrected chi connectivity index (χ0v) is 11.7. The molecule has 4 heteroatoms. The third-order valence-electron chi connectivity index (χ3n) is 3.30. The van der Waals surface area contributed by atoms with Gasteiger partial charge in [0.15, 0.2) is 0 Å². The van der Waals surface area contributed by atoms with Crippen LogP contribution < -0.4 is 5.73 Å². The lowest BCUT2D eigenvalue weighted by Gasteiger charge is -2.24. The second-order valence-corrected chi connectivity index (χ2v) is 6.12. The Bertz CT molecular complexity index is 378. The van der Waals surface area contributed by atoms with E-state index in [1.165, 1.54) is 23.5 Å². The first-order valence-corrected chi connectivity index (χ1v) is 7.49. The van der Waals surface area contributed by atoms with Crippen LogP contribution in [0.4, 0.5) is 0 Å². The lowest BCUT2D eigenvalue weighted by molar-refractivity contribution is 0.254. The average molecular weight is 271 g/mol. The first kappa shape index (κ1) is 13.2. The van der Waals surface area contributed by atoms with E-state index in [0.29, 0.717) is 12.6 Å². The first-order chi connectivity index (χ1) is 8.20. The van der Waals surface area contributed by atoms with Gasteiger partial charge in [-0.2, -0.15) is 11.8 Å². The SMILES string of the molecule is CN(Cc1ccc(CN)cc1Cl)C1CCSC1. The van der Waals surface area contributed by atoms with E-state index >= 15 is 0 Å². The lowest BCUT2D eigenvalue weighted by Crippen LogP contribution is -2.30. The molecule has 0 aromatic heterocycles. The van der Waals surface area contributed by atoms with Crippen molar-refractivity contribution >= 4 is 23.4 Å². The summed E-state index contributed by atoms with van der Waals surface area (Å²) < 4.78 is 0. The van der Waals surface area contributed by atoms with Gasteiger partial charge in [0.1, 0.15) is 0 Å². The molecule has 0 bridgehead atoms. The molecule has 17 heavy (non-hydrogen) atoms. The van der Waals surface area contributed by atoms with Gasteiger partial charge in [-0.15, -0.1) is 0 Å². The highest BCUT2D eigenvalue weighted by molar-refractivity contribution is 7.99. The Kier molecular flexibility index (Phi) is 4.74. The summed E-state index contributed by atoms with van der Waals surface area (Å²) in [6, 6.07) is 6.85. The second-order valence-electron chi connectivity index (χ2n) is 4.56. The van der Waals surface area contributed by atoms with E-state index in [1.807, 2.05) is 17.8 Å². The molecule has 0 saturated carbocycles. The number of halogens is 1. The first-order valence-electron chi connectivity index (χ1n) is 5.96. The Hall–Kier alpha value is -0.220. The van der Waals surface area contributed by atoms with Crippen LogP contribution in [0.5, 0.6) is 0 Å². The van der Waals surface area contributed by atoms with Crippen LogP contribution in [0.25, 0.3) is 0 Å². The summed E-state index contributed by atoms with van der Waals surface area (Å²) in [6.07, 6.45) is 1.29. The highest BCUT2D eigenvalue weighted by Crippen LogP contribution is 2.25. The summed E-state index contributed by atoms with van der Waals surface area (Å²) in [4.78, 5) is 2.41. The third kappa shape index (κ3) is 3.38. The Morgan fingerprint density at radius 3 is 2.94 bits per heavy atom. The number of hydrogen-bond acceptors (Lipinski definition) is 3. The van der Waals surface area contributed by atoms with E-state index in [-0.39, 0.29) is 0 Å². The smallest absolute Gasteiger partial charge is 0.0454 e. The Morgan fingerprint density at radius 1 is 1.53 bits per heavy atom. The van der Waals surface area contributed by atoms with Gasteiger partial charge in [-0.05, 0) is 36.4 Å². The fourth-order valence-electron chi connectivity index (χ4n) is 2.11. The zero-order chi connectivity index (χ0) is 12.3. The number of thioether (sulfide) groups is 1. The van der Waals surface area contributed by atoms with Gasteiger partial charge in [0.25, 0.3) is 0 Å². The Labute approximate surface area is 113 Å². The zero-order valence-electron chi connectivity index (χ0n) is 10.2. The summed E-state index contributed by atoms with van der Waals surface area (Å²) in [5.41, 5.74) is 7.89. The molecule has 1 atom stereocenters. The predicted octanol–water partition coefficient (Wildman–Crippen LogP) is 2.74. The minimum absolute atomic E-state index is 0.551. The van der Waals surface area contributed by atoms with Gasteiger partial charge < -0.3 is 5.73 Å². The van der Waals surface area contributed by atoms with Gasteiger partial charge in [0.05, 0.1) is 0 Å². The average Bonchev–Trinajstić information content (AvgIpc) is 2.85. The van der Waals surface area contributed by atoms with E-state index in [4.69, 9.17) is 17.3 Å². The molecule has 0 aliphatic carbocycles. The summed E-state index contributed by atoms with van der Waals surface area (Å²) in [5.74, 6) is 2.53. The van der Waals surface area contributed by atoms with Crippen molar-refractivity contribution in [2.45, 2.75) is 25.6 Å². The van der Waals surface area contributed by atoms with E-state index in [0.717, 1.165) is 17.1 Å². The molecule has 1 aromatic carbocycles. The molecule has 1 aliphatic rings. The van der Waals surface area contributed by atoms with Gasteiger partial charge >= 0.3 is 0 Å². The number of benzene rings is 1. The fraction of sp³-hybridized carbons (Fsp3) is 0.538. The number of rotatable bonds is 4. The van der Waals surface area contributed by atoms with Gasteiger partial charge in [-0.3, -0.25) is 4.90 Å². The van der Waals surface area contributed by atoms with Gasteiger partial charge in [0.2, 0.25) is 0 Å². The van der Waals surface area contributed by atoms with Crippen molar-refractivity contribution in [3.8, 4) is 0 Å². The van der Waals surface area contributed by atoms with Crippen LogP contribution in [-0.2, 0) is 13.1 Å². The maximum atomic E-state index is 6.27. The van der Waals surface area contributed by atoms with Crippen LogP contribution >= 0.6 is 23.4 Å². The molecule has 1 saturated heterocycles. The van der Waals surface area contributed by atoms with Crippen molar-refractivity contribution in [3.63, 3.8) is 0 Å². The van der Waals surface area contributed by atoms with Gasteiger partial charge in [-0.25, -0.2) is 0 Å². The Morgan fingerprint density at radius 2 is 2.35 bits per heavy atom. The van der Waals surface area contributed by atoms with Crippen molar-refractivity contribution < 1.29 is 0 Å². The number of hydrogen-bond donors (Lipinski definition) is 1. The highest BCUT2D eigenvalue weighted by Gasteiger charge is 2.20. The summed E-state index contributed by atoms with van der Waals surface area (Å²) in [5, 5.41) is 0.838. The molecule has 0 amide bonds. The minimum Gasteiger partial charge on any atom is -0.326 e. The van der Waals surface area contributed by atoms with Crippen LogP contribution in [0.2, 0.25) is 5.02 Å². The molecule has 1 fully saturated rings. The molecule has 1 unspecified atom stereocenters. The molecule has 1 heterocycles. The van der Waals surface area contributed by atoms with Crippen LogP contribution in [0.3, 0.4) is 0 Å². The summed E-state index contributed by atoms with van der Waals surface area (Å²) in [7, 11) is 2.18. The second kappa shape index (κ2) is 6.10. The molecule has 2 nitrogen and oxygen atoms in total. The van der Waals surface area contributed by atoms with Crippen LogP contribution in [0.15, 0.2) is 18.2 Å². The topological polar surface area (TPSA) is 29.3 Å². The molecule has 0 spiro atoms. The molecular formula is C13H19ClN2S. The molecule has 0 radical (unpaired) electrons. The number of nitrogens with zero attached hydrogens (tertiary/aromatic N) is 1. The van der Waals surface area contributed by atoms with Crippen molar-refractivity contribution in [1.82, 2.24) is 4.90 Å². The lowest BCUT2D eigenvalue weighted by atomic mass is 10.1. The van der Waals surface area contributed by atoms with Crippen molar-refractivity contribution in [2.75, 3.05) is 18.6 Å². The largest absolute Gasteiger partial charge is 0.326 e. The summed E-state index contributed by atoms with van der Waals surface area (Å²) >= 11 is 8.31. The number of nitrogens with two attached hydrogens (primary N) is 1. The van der Waals surface area contributed by atoms with E-state index in [9.17, 15) is 0 Å². The van der Waals surface area contributed by atoms with E-state index < -0.39 is 0 Å². The molecule has 2 rings (SSSR count). The highest BCUT2D eigenvalue weighted by atomic mass is 35.5. The van der Waals surface area contributed by atoms with Gasteiger partial charge in [-0.1, -0.05) is 23.7 Å². The molecule has 1 aliphatic heterocycles. The van der Waals surface area contributed by atoms with Crippen LogP contribution in [-0.4, -0.2) is 29.5 Å². The van der Waals surface area contributed by atoms with Crippen molar-refractivity contribution in [3.05, 3.63) is 34.3 Å². The molecular weight excluding hydrogens is 252 g/mol. The standard InChI is InChI=1S/C13H19ClN2S/c1-16(12-4-5-17-9-12)8-11-3-2-10(7-15)6-13(11)14/h2-3,6,12H,4-5,7-9,15H2,1H3. The maximum absolute atomic E-state index is 6.27. The van der Waals surface area contributed by atoms with Crippen molar-refractivity contribution in [1.29, 1.82) is 0 Å². The third-order valence-corrected chi connectivity index (χ3v) is 4.80. The van der Waals surface area contributed by atoms with Crippen LogP contribution in [0.1, 0.15) is 17.5 Å². The molecule has 2 N–H and O–H groups in total. The molecule has 1 aromatic rings. The Balaban J connectivity index is 2.02. The van der Waals surface area contributed by atoms with Crippen LogP contribution in [0, 0.1) is 0 Å². The predicted molar refractivity (Wildman–Crippen MR) is 76.5 cm³/mol. The van der Waals surface area contributed by atoms with E-state index in [2.05, 4.69) is 24.1 Å². The van der Waals surface area contributed by atoms with E-state index in [1.54, 1.807) is 0 Å². The van der Waals surface area contributed by atoms with Gasteiger partial charge in [0, 0.05) is 29.9 Å². The fourth-order valence-corrected chi connectivity index (χ4v) is 3.68. The monoisotopic (exact) mass is 270 g/mol. The normalized spacial score (nSPS) is 20.1. The van der Waals surface area contributed by atoms with Crippen molar-refractivity contribution in [2.24, 2.45) is 5.73 Å².